The van der Waals surface area contributed by atoms with Gasteiger partial charge in [-0.05, 0) is 55.9 Å². The van der Waals surface area contributed by atoms with Crippen molar-refractivity contribution in [1.82, 2.24) is 19.0 Å². The van der Waals surface area contributed by atoms with Crippen LogP contribution in [0.1, 0.15) is 41.8 Å². The van der Waals surface area contributed by atoms with Gasteiger partial charge in [-0.25, -0.2) is 9.78 Å². The molecule has 212 valence electrons. The fraction of sp³-hybridized carbons (Fsp3) is 0.444. The maximum atomic E-state index is 13.4. The minimum atomic E-state index is -4.59. The second-order valence-corrected chi connectivity index (χ2v) is 10.4. The Bertz CT molecular complexity index is 1630. The third kappa shape index (κ3) is 4.62. The minimum absolute atomic E-state index is 0.155. The van der Waals surface area contributed by atoms with Crippen LogP contribution in [0.5, 0.6) is 5.75 Å². The van der Waals surface area contributed by atoms with Gasteiger partial charge >= 0.3 is 12.3 Å². The number of rotatable bonds is 6. The fourth-order valence-electron chi connectivity index (χ4n) is 5.49. The summed E-state index contributed by atoms with van der Waals surface area (Å²) in [6.07, 6.45) is -2.67. The Hall–Kier alpha value is -4.16. The highest BCUT2D eigenvalue weighted by Crippen LogP contribution is 2.41. The summed E-state index contributed by atoms with van der Waals surface area (Å²) in [5.41, 5.74) is 7.41. The fourth-order valence-corrected chi connectivity index (χ4v) is 5.49. The molecule has 0 unspecified atom stereocenters. The molecule has 4 aromatic rings. The number of furan rings is 1. The highest BCUT2D eigenvalue weighted by atomic mass is 19.4. The van der Waals surface area contributed by atoms with Gasteiger partial charge in [0.25, 0.3) is 5.91 Å². The molecule has 0 bridgehead atoms. The van der Waals surface area contributed by atoms with Crippen LogP contribution in [0.4, 0.5) is 18.0 Å². The van der Waals surface area contributed by atoms with E-state index in [2.05, 4.69) is 0 Å². The van der Waals surface area contributed by atoms with Crippen LogP contribution in [0.2, 0.25) is 0 Å². The number of likely N-dealkylation sites (tertiary alicyclic amines) is 1. The van der Waals surface area contributed by atoms with Gasteiger partial charge in [0.2, 0.25) is 11.5 Å². The first-order valence-electron chi connectivity index (χ1n) is 13.0. The number of carbonyl (C=O) groups excluding carboxylic acids is 2. The number of methoxy groups -OCH3 is 1. The van der Waals surface area contributed by atoms with Crippen molar-refractivity contribution in [2.24, 2.45) is 18.7 Å². The normalized spacial score (nSPS) is 18.0. The number of halogens is 3. The Morgan fingerprint density at radius 2 is 1.95 bits per heavy atom. The van der Waals surface area contributed by atoms with Crippen LogP contribution in [0, 0.1) is 5.92 Å². The number of aromatic nitrogens is 3. The molecule has 2 N–H and O–H groups in total. The van der Waals surface area contributed by atoms with Gasteiger partial charge in [-0.1, -0.05) is 0 Å². The summed E-state index contributed by atoms with van der Waals surface area (Å²) in [5.74, 6) is -0.0167. The molecule has 2 fully saturated rings. The lowest BCUT2D eigenvalue weighted by molar-refractivity contribution is -0.152. The summed E-state index contributed by atoms with van der Waals surface area (Å²) in [7, 11) is 3.29. The molecule has 6 rings (SSSR count). The van der Waals surface area contributed by atoms with Crippen molar-refractivity contribution >= 4 is 34.1 Å². The highest BCUT2D eigenvalue weighted by Gasteiger charge is 2.37. The monoisotopic (exact) mass is 559 g/mol. The number of carbonyl (C=O) groups is 2. The molecule has 1 saturated heterocycles. The molecule has 1 aromatic carbocycles. The number of imidazole rings is 1. The number of nitrogens with two attached hydrogens (primary N) is 1. The number of primary amides is 1. The number of hydrogen-bond acceptors (Lipinski definition) is 6. The van der Waals surface area contributed by atoms with Crippen LogP contribution in [-0.2, 0) is 24.5 Å². The Kier molecular flexibility index (Phi) is 6.19. The minimum Gasteiger partial charge on any atom is -0.494 e. The zero-order valence-corrected chi connectivity index (χ0v) is 22.0. The molecule has 1 saturated carbocycles. The van der Waals surface area contributed by atoms with E-state index in [1.54, 1.807) is 34.7 Å². The van der Waals surface area contributed by atoms with E-state index in [1.807, 2.05) is 4.57 Å². The second-order valence-electron chi connectivity index (χ2n) is 10.4. The number of fused-ring (bicyclic) bond motifs is 2. The number of piperidine rings is 1. The van der Waals surface area contributed by atoms with E-state index >= 15 is 0 Å². The molecule has 10 nitrogen and oxygen atoms in total. The molecule has 40 heavy (non-hydrogen) atoms. The smallest absolute Gasteiger partial charge is 0.449 e. The molecule has 13 heteroatoms. The average Bonchev–Trinajstić information content (AvgIpc) is 3.38. The molecule has 1 aliphatic heterocycles. The number of alkyl halides is 3. The van der Waals surface area contributed by atoms with Crippen molar-refractivity contribution in [2.45, 2.75) is 44.5 Å². The summed E-state index contributed by atoms with van der Waals surface area (Å²) >= 11 is 0. The van der Waals surface area contributed by atoms with Gasteiger partial charge in [0.05, 0.1) is 24.9 Å². The predicted molar refractivity (Wildman–Crippen MR) is 138 cm³/mol. The standard InChI is InChI=1S/C27H28F3N5O5/c1-33-22-18(8-15(10-20(22)38-2)24(36)34-7-3-4-17(13-34)39-26(31)37)32-23(33)19-9-16-11-21(27(28,29)30)40-25(16)35(19)12-14-5-6-14/h8-11,14,17H,3-7,12-13H2,1-2H3,(H2,31,37)/t17-/m1/s1. The van der Waals surface area contributed by atoms with Crippen LogP contribution >= 0.6 is 0 Å². The third-order valence-electron chi connectivity index (χ3n) is 7.56. The summed E-state index contributed by atoms with van der Waals surface area (Å²) < 4.78 is 59.6. The van der Waals surface area contributed by atoms with E-state index in [4.69, 9.17) is 24.6 Å². The summed E-state index contributed by atoms with van der Waals surface area (Å²) in [5, 5.41) is 0.343. The van der Waals surface area contributed by atoms with Gasteiger partial charge in [0.15, 0.2) is 5.82 Å². The van der Waals surface area contributed by atoms with Crippen molar-refractivity contribution in [3.63, 3.8) is 0 Å². The molecular formula is C27H28F3N5O5. The summed E-state index contributed by atoms with van der Waals surface area (Å²) in [4.78, 5) is 31.0. The first-order chi connectivity index (χ1) is 19.0. The molecule has 1 atom stereocenters. The zero-order chi connectivity index (χ0) is 28.3. The van der Waals surface area contributed by atoms with E-state index < -0.39 is 24.1 Å². The van der Waals surface area contributed by atoms with Crippen molar-refractivity contribution in [3.05, 3.63) is 35.6 Å². The Morgan fingerprint density at radius 1 is 1.18 bits per heavy atom. The van der Waals surface area contributed by atoms with E-state index in [0.717, 1.165) is 18.9 Å². The van der Waals surface area contributed by atoms with Crippen LogP contribution in [0.25, 0.3) is 33.7 Å². The van der Waals surface area contributed by atoms with Gasteiger partial charge < -0.3 is 33.7 Å². The van der Waals surface area contributed by atoms with E-state index in [1.165, 1.54) is 7.11 Å². The Balaban J connectivity index is 1.41. The highest BCUT2D eigenvalue weighted by molar-refractivity contribution is 6.00. The number of benzene rings is 1. The van der Waals surface area contributed by atoms with Gasteiger partial charge in [-0.15, -0.1) is 0 Å². The SMILES string of the molecule is COc1cc(C(=O)N2CCC[C@@H](OC(N)=O)C2)cc2nc(-c3cc4cc(C(F)(F)F)oc4n3CC3CC3)n(C)c12. The molecular weight excluding hydrogens is 531 g/mol. The molecule has 3 aromatic heterocycles. The lowest BCUT2D eigenvalue weighted by atomic mass is 10.1. The maximum Gasteiger partial charge on any atom is 0.449 e. The van der Waals surface area contributed by atoms with Gasteiger partial charge in [-0.2, -0.15) is 13.2 Å². The summed E-state index contributed by atoms with van der Waals surface area (Å²) in [6, 6.07) is 5.97. The summed E-state index contributed by atoms with van der Waals surface area (Å²) in [6.45, 7) is 1.24. The van der Waals surface area contributed by atoms with Crippen molar-refractivity contribution in [2.75, 3.05) is 20.2 Å². The van der Waals surface area contributed by atoms with Crippen LogP contribution in [0.15, 0.2) is 28.7 Å². The van der Waals surface area contributed by atoms with E-state index in [9.17, 15) is 22.8 Å². The molecule has 4 heterocycles. The van der Waals surface area contributed by atoms with E-state index in [0.29, 0.717) is 71.1 Å². The molecule has 2 amide bonds. The van der Waals surface area contributed by atoms with Crippen molar-refractivity contribution < 1.29 is 36.7 Å². The third-order valence-corrected chi connectivity index (χ3v) is 7.56. The molecule has 0 spiro atoms. The van der Waals surface area contributed by atoms with Gasteiger partial charge in [0, 0.05) is 31.1 Å². The number of nitrogens with zero attached hydrogens (tertiary/aromatic N) is 4. The zero-order valence-electron chi connectivity index (χ0n) is 22.0. The average molecular weight is 560 g/mol. The number of ether oxygens (including phenoxy) is 2. The molecule has 1 aliphatic carbocycles. The van der Waals surface area contributed by atoms with Crippen LogP contribution < -0.4 is 10.5 Å². The molecule has 0 radical (unpaired) electrons. The number of amides is 2. The van der Waals surface area contributed by atoms with E-state index in [-0.39, 0.29) is 18.2 Å². The van der Waals surface area contributed by atoms with Crippen LogP contribution in [-0.4, -0.2) is 57.3 Å². The Labute approximate surface area is 226 Å². The van der Waals surface area contributed by atoms with Gasteiger partial charge in [0.1, 0.15) is 17.4 Å². The van der Waals surface area contributed by atoms with Crippen LogP contribution in [0.3, 0.4) is 0 Å². The second kappa shape index (κ2) is 9.49. The number of hydrogen-bond donors (Lipinski definition) is 1. The lowest BCUT2D eigenvalue weighted by Gasteiger charge is -2.32. The largest absolute Gasteiger partial charge is 0.494 e. The first kappa shape index (κ1) is 26.1. The first-order valence-corrected chi connectivity index (χ1v) is 13.0. The van der Waals surface area contributed by atoms with Crippen molar-refractivity contribution in [1.29, 1.82) is 0 Å². The quantitative estimate of drug-likeness (QED) is 0.358. The Morgan fingerprint density at radius 3 is 2.62 bits per heavy atom. The topological polar surface area (TPSA) is 118 Å². The molecule has 2 aliphatic rings. The maximum absolute atomic E-state index is 13.4. The predicted octanol–water partition coefficient (Wildman–Crippen LogP) is 4.93. The lowest BCUT2D eigenvalue weighted by Crippen LogP contribution is -2.44. The van der Waals surface area contributed by atoms with Crippen molar-refractivity contribution in [3.8, 4) is 17.3 Å². The van der Waals surface area contributed by atoms with Gasteiger partial charge in [-0.3, -0.25) is 4.79 Å². The number of aryl methyl sites for hydroxylation is 1.